The molecule has 5 aromatic carbocycles. The number of fused-ring (bicyclic) bond motifs is 2. The molecule has 2 heteroatoms. The normalized spacial score (nSPS) is 14.2. The van der Waals surface area contributed by atoms with Crippen molar-refractivity contribution >= 4 is 11.0 Å². The number of imidazole rings is 1. The molecular formula is C32H22N2. The summed E-state index contributed by atoms with van der Waals surface area (Å²) < 4.78 is 2.38. The predicted octanol–water partition coefficient (Wildman–Crippen LogP) is 7.85. The van der Waals surface area contributed by atoms with E-state index in [4.69, 9.17) is 4.98 Å². The maximum absolute atomic E-state index is 5.15. The molecule has 1 aliphatic rings. The van der Waals surface area contributed by atoms with Crippen molar-refractivity contribution in [2.45, 2.75) is 5.92 Å². The molecule has 1 aromatic heterocycles. The first kappa shape index (κ1) is 19.1. The van der Waals surface area contributed by atoms with Gasteiger partial charge in [-0.2, -0.15) is 0 Å². The Hall–Kier alpha value is -4.43. The van der Waals surface area contributed by atoms with E-state index in [1.165, 1.54) is 39.0 Å². The second-order valence-corrected chi connectivity index (χ2v) is 8.80. The molecule has 0 spiro atoms. The van der Waals surface area contributed by atoms with Gasteiger partial charge in [0.1, 0.15) is 5.82 Å². The highest BCUT2D eigenvalue weighted by Gasteiger charge is 2.33. The lowest BCUT2D eigenvalue weighted by Crippen LogP contribution is -2.16. The summed E-state index contributed by atoms with van der Waals surface area (Å²) in [5.41, 5.74) is 11.0. The van der Waals surface area contributed by atoms with E-state index in [1.54, 1.807) is 0 Å². The highest BCUT2D eigenvalue weighted by atomic mass is 15.1. The Balaban J connectivity index is 1.64. The van der Waals surface area contributed by atoms with Crippen molar-refractivity contribution in [3.05, 3.63) is 144 Å². The van der Waals surface area contributed by atoms with Gasteiger partial charge in [-0.1, -0.05) is 115 Å². The minimum Gasteiger partial charge on any atom is -0.292 e. The standard InChI is InChI=1S/C32H22N2/c1-4-12-22(13-5-1)25-18-11-21-28-30(25)29(23-14-6-2-7-15-23)26-19-10-20-27-31(26)34(28)32(33-27)24-16-8-3-9-17-24/h1-21,29H. The van der Waals surface area contributed by atoms with E-state index < -0.39 is 0 Å². The number of benzene rings is 5. The Bertz CT molecular complexity index is 1630. The lowest BCUT2D eigenvalue weighted by molar-refractivity contribution is 0.915. The number of para-hydroxylation sites is 1. The Morgan fingerprint density at radius 1 is 0.559 bits per heavy atom. The Labute approximate surface area is 198 Å². The lowest BCUT2D eigenvalue weighted by Gasteiger charge is -2.31. The molecule has 0 saturated carbocycles. The maximum Gasteiger partial charge on any atom is 0.145 e. The number of aromatic nitrogens is 2. The fourth-order valence-electron chi connectivity index (χ4n) is 5.47. The molecule has 2 nitrogen and oxygen atoms in total. The van der Waals surface area contributed by atoms with Gasteiger partial charge in [0.2, 0.25) is 0 Å². The highest BCUT2D eigenvalue weighted by Crippen LogP contribution is 2.48. The molecule has 1 unspecified atom stereocenters. The van der Waals surface area contributed by atoms with Gasteiger partial charge in [0.15, 0.2) is 0 Å². The van der Waals surface area contributed by atoms with Crippen molar-refractivity contribution < 1.29 is 0 Å². The first-order valence-electron chi connectivity index (χ1n) is 11.7. The smallest absolute Gasteiger partial charge is 0.145 e. The molecule has 0 fully saturated rings. The molecule has 0 amide bonds. The van der Waals surface area contributed by atoms with Crippen LogP contribution in [0.2, 0.25) is 0 Å². The van der Waals surface area contributed by atoms with Gasteiger partial charge in [0, 0.05) is 11.5 Å². The Kier molecular flexibility index (Phi) is 4.25. The van der Waals surface area contributed by atoms with Crippen LogP contribution in [-0.4, -0.2) is 9.55 Å². The van der Waals surface area contributed by atoms with Crippen LogP contribution in [0.3, 0.4) is 0 Å². The minimum atomic E-state index is 0.129. The van der Waals surface area contributed by atoms with Crippen LogP contribution >= 0.6 is 0 Å². The van der Waals surface area contributed by atoms with Crippen LogP contribution in [0.5, 0.6) is 0 Å². The Morgan fingerprint density at radius 3 is 1.94 bits per heavy atom. The number of hydrogen-bond acceptors (Lipinski definition) is 1. The molecule has 0 bridgehead atoms. The SMILES string of the molecule is c1ccc(-c2cccc3c2C(c2ccccc2)c2cccc4nc(-c5ccccc5)n-3c24)cc1. The molecule has 1 atom stereocenters. The zero-order valence-corrected chi connectivity index (χ0v) is 18.6. The fourth-order valence-corrected chi connectivity index (χ4v) is 5.47. The van der Waals surface area contributed by atoms with Gasteiger partial charge in [0.25, 0.3) is 0 Å². The average molecular weight is 435 g/mol. The van der Waals surface area contributed by atoms with E-state index in [1.807, 2.05) is 0 Å². The van der Waals surface area contributed by atoms with Gasteiger partial charge >= 0.3 is 0 Å². The van der Waals surface area contributed by atoms with Crippen molar-refractivity contribution in [3.8, 4) is 28.2 Å². The molecule has 160 valence electrons. The quantitative estimate of drug-likeness (QED) is 0.277. The molecule has 0 saturated heterocycles. The summed E-state index contributed by atoms with van der Waals surface area (Å²) in [5.74, 6) is 1.12. The molecule has 0 aliphatic carbocycles. The zero-order chi connectivity index (χ0) is 22.5. The monoisotopic (exact) mass is 434 g/mol. The molecule has 0 radical (unpaired) electrons. The highest BCUT2D eigenvalue weighted by molar-refractivity contribution is 5.92. The van der Waals surface area contributed by atoms with Crippen molar-refractivity contribution in [2.75, 3.05) is 0 Å². The molecule has 2 heterocycles. The summed E-state index contributed by atoms with van der Waals surface area (Å²) in [7, 11) is 0. The second kappa shape index (κ2) is 7.57. The third-order valence-electron chi connectivity index (χ3n) is 6.88. The largest absolute Gasteiger partial charge is 0.292 e. The van der Waals surface area contributed by atoms with E-state index in [9.17, 15) is 0 Å². The van der Waals surface area contributed by atoms with Gasteiger partial charge < -0.3 is 0 Å². The van der Waals surface area contributed by atoms with Gasteiger partial charge in [0.05, 0.1) is 16.7 Å². The molecule has 6 aromatic rings. The third kappa shape index (κ3) is 2.79. The number of nitrogens with zero attached hydrogens (tertiary/aromatic N) is 2. The summed E-state index contributed by atoms with van der Waals surface area (Å²) in [5, 5.41) is 0. The maximum atomic E-state index is 5.15. The van der Waals surface area contributed by atoms with E-state index in [0.29, 0.717) is 0 Å². The second-order valence-electron chi connectivity index (χ2n) is 8.80. The summed E-state index contributed by atoms with van der Waals surface area (Å²) in [6.07, 6.45) is 0. The van der Waals surface area contributed by atoms with E-state index >= 15 is 0 Å². The summed E-state index contributed by atoms with van der Waals surface area (Å²) in [6, 6.07) is 45.4. The van der Waals surface area contributed by atoms with Crippen LogP contribution in [0.4, 0.5) is 0 Å². The van der Waals surface area contributed by atoms with Crippen molar-refractivity contribution in [2.24, 2.45) is 0 Å². The van der Waals surface area contributed by atoms with Crippen LogP contribution in [-0.2, 0) is 0 Å². The van der Waals surface area contributed by atoms with Crippen molar-refractivity contribution in [3.63, 3.8) is 0 Å². The first-order chi connectivity index (χ1) is 16.9. The Morgan fingerprint density at radius 2 is 1.21 bits per heavy atom. The number of hydrogen-bond donors (Lipinski definition) is 0. The van der Waals surface area contributed by atoms with Gasteiger partial charge in [-0.25, -0.2) is 4.98 Å². The summed E-state index contributed by atoms with van der Waals surface area (Å²) in [4.78, 5) is 5.15. The van der Waals surface area contributed by atoms with Crippen LogP contribution in [0.15, 0.2) is 127 Å². The van der Waals surface area contributed by atoms with Crippen LogP contribution in [0.1, 0.15) is 22.6 Å². The zero-order valence-electron chi connectivity index (χ0n) is 18.6. The van der Waals surface area contributed by atoms with E-state index in [2.05, 4.69) is 132 Å². The number of rotatable bonds is 3. The van der Waals surface area contributed by atoms with Crippen LogP contribution < -0.4 is 0 Å². The van der Waals surface area contributed by atoms with Gasteiger partial charge in [-0.15, -0.1) is 0 Å². The third-order valence-corrected chi connectivity index (χ3v) is 6.88. The fraction of sp³-hybridized carbons (Fsp3) is 0.0312. The van der Waals surface area contributed by atoms with Crippen molar-refractivity contribution in [1.29, 1.82) is 0 Å². The van der Waals surface area contributed by atoms with Crippen molar-refractivity contribution in [1.82, 2.24) is 9.55 Å². The van der Waals surface area contributed by atoms with E-state index in [0.717, 1.165) is 16.9 Å². The van der Waals surface area contributed by atoms with Crippen LogP contribution in [0.25, 0.3) is 39.2 Å². The molecule has 34 heavy (non-hydrogen) atoms. The molecule has 7 rings (SSSR count). The minimum absolute atomic E-state index is 0.129. The van der Waals surface area contributed by atoms with Gasteiger partial charge in [-0.3, -0.25) is 4.57 Å². The summed E-state index contributed by atoms with van der Waals surface area (Å²) >= 11 is 0. The molecule has 0 N–H and O–H groups in total. The molecule has 1 aliphatic heterocycles. The topological polar surface area (TPSA) is 17.8 Å². The lowest BCUT2D eigenvalue weighted by atomic mass is 9.78. The average Bonchev–Trinajstić information content (AvgIpc) is 3.31. The van der Waals surface area contributed by atoms with Gasteiger partial charge in [-0.05, 0) is 39.9 Å². The predicted molar refractivity (Wildman–Crippen MR) is 139 cm³/mol. The first-order valence-corrected chi connectivity index (χ1v) is 11.7. The van der Waals surface area contributed by atoms with E-state index in [-0.39, 0.29) is 5.92 Å². The summed E-state index contributed by atoms with van der Waals surface area (Å²) in [6.45, 7) is 0. The van der Waals surface area contributed by atoms with Crippen LogP contribution in [0, 0.1) is 0 Å². The molecular weight excluding hydrogens is 412 g/mol.